The van der Waals surface area contributed by atoms with E-state index >= 15 is 0 Å². The number of aryl methyl sites for hydroxylation is 1. The predicted molar refractivity (Wildman–Crippen MR) is 71.6 cm³/mol. The van der Waals surface area contributed by atoms with Crippen LogP contribution in [0.3, 0.4) is 0 Å². The van der Waals surface area contributed by atoms with Crippen LogP contribution in [0.15, 0.2) is 5.38 Å². The molecule has 0 spiro atoms. The second-order valence-electron chi connectivity index (χ2n) is 5.02. The van der Waals surface area contributed by atoms with Gasteiger partial charge >= 0.3 is 0 Å². The van der Waals surface area contributed by atoms with E-state index in [0.29, 0.717) is 5.88 Å². The number of rotatable bonds is 3. The van der Waals surface area contributed by atoms with Gasteiger partial charge in [-0.05, 0) is 38.5 Å². The molecule has 90 valence electrons. The highest BCUT2D eigenvalue weighted by molar-refractivity contribution is 7.13. The maximum Gasteiger partial charge on any atom is 0.183 e. The van der Waals surface area contributed by atoms with Crippen molar-refractivity contribution in [3.05, 3.63) is 11.1 Å². The molecule has 1 aromatic heterocycles. The fraction of sp³-hybridized carbons (Fsp3) is 0.750. The second kappa shape index (κ2) is 4.92. The number of nitrogens with zero attached hydrogens (tertiary/aromatic N) is 1. The molecule has 1 heterocycles. The molecule has 0 amide bonds. The minimum absolute atomic E-state index is 0.0817. The summed E-state index contributed by atoms with van der Waals surface area (Å²) in [5.41, 5.74) is 1.17. The Kier molecular flexibility index (Phi) is 3.75. The van der Waals surface area contributed by atoms with Crippen molar-refractivity contribution in [1.29, 1.82) is 0 Å². The van der Waals surface area contributed by atoms with Gasteiger partial charge in [-0.1, -0.05) is 6.92 Å². The molecule has 1 aromatic rings. The van der Waals surface area contributed by atoms with Crippen LogP contribution in [0.25, 0.3) is 0 Å². The lowest BCUT2D eigenvalue weighted by molar-refractivity contribution is 0.287. The lowest BCUT2D eigenvalue weighted by Gasteiger charge is -2.38. The van der Waals surface area contributed by atoms with Crippen molar-refractivity contribution in [2.45, 2.75) is 45.1 Å². The van der Waals surface area contributed by atoms with Gasteiger partial charge in [0.25, 0.3) is 0 Å². The summed E-state index contributed by atoms with van der Waals surface area (Å²) in [6, 6.07) is 0. The molecule has 2 nitrogen and oxygen atoms in total. The summed E-state index contributed by atoms with van der Waals surface area (Å²) >= 11 is 7.83. The Morgan fingerprint density at radius 2 is 2.25 bits per heavy atom. The SMILES string of the molecule is Cc1csc(NC2(CCl)CCC(C)CC2)n1. The first-order valence-electron chi connectivity index (χ1n) is 5.90. The highest BCUT2D eigenvalue weighted by Gasteiger charge is 2.33. The van der Waals surface area contributed by atoms with Gasteiger partial charge in [0.2, 0.25) is 0 Å². The molecule has 0 bridgehead atoms. The lowest BCUT2D eigenvalue weighted by atomic mass is 9.78. The van der Waals surface area contributed by atoms with Gasteiger partial charge in [0, 0.05) is 11.3 Å². The van der Waals surface area contributed by atoms with E-state index in [4.69, 9.17) is 11.6 Å². The number of thiazole rings is 1. The summed E-state index contributed by atoms with van der Waals surface area (Å²) in [5.74, 6) is 1.52. The third-order valence-corrected chi connectivity index (χ3v) is 4.87. The van der Waals surface area contributed by atoms with Gasteiger partial charge in [-0.15, -0.1) is 22.9 Å². The molecule has 1 aliphatic rings. The highest BCUT2D eigenvalue weighted by Crippen LogP contribution is 2.36. The molecular weight excluding hydrogens is 240 g/mol. The van der Waals surface area contributed by atoms with Crippen molar-refractivity contribution in [3.8, 4) is 0 Å². The van der Waals surface area contributed by atoms with Crippen LogP contribution in [0.2, 0.25) is 0 Å². The number of hydrogen-bond acceptors (Lipinski definition) is 3. The minimum Gasteiger partial charge on any atom is -0.355 e. The zero-order valence-corrected chi connectivity index (χ0v) is 11.5. The molecule has 0 aromatic carbocycles. The molecule has 1 aliphatic carbocycles. The summed E-state index contributed by atoms with van der Waals surface area (Å²) in [5, 5.41) is 6.66. The van der Waals surface area contributed by atoms with Crippen LogP contribution < -0.4 is 5.32 Å². The number of aromatic nitrogens is 1. The Balaban J connectivity index is 2.04. The topological polar surface area (TPSA) is 24.9 Å². The van der Waals surface area contributed by atoms with E-state index < -0.39 is 0 Å². The van der Waals surface area contributed by atoms with E-state index in [9.17, 15) is 0 Å². The van der Waals surface area contributed by atoms with Crippen molar-refractivity contribution < 1.29 is 0 Å². The van der Waals surface area contributed by atoms with Gasteiger partial charge in [-0.3, -0.25) is 0 Å². The molecule has 2 rings (SSSR count). The third-order valence-electron chi connectivity index (χ3n) is 3.48. The number of alkyl halides is 1. The number of nitrogens with one attached hydrogen (secondary N) is 1. The van der Waals surface area contributed by atoms with Crippen molar-refractivity contribution in [2.75, 3.05) is 11.2 Å². The quantitative estimate of drug-likeness (QED) is 0.828. The van der Waals surface area contributed by atoms with E-state index in [1.54, 1.807) is 11.3 Å². The highest BCUT2D eigenvalue weighted by atomic mass is 35.5. The smallest absolute Gasteiger partial charge is 0.183 e. The monoisotopic (exact) mass is 258 g/mol. The second-order valence-corrected chi connectivity index (χ2v) is 6.14. The van der Waals surface area contributed by atoms with Gasteiger partial charge in [0.05, 0.1) is 11.2 Å². The maximum absolute atomic E-state index is 6.16. The maximum atomic E-state index is 6.16. The average molecular weight is 259 g/mol. The molecule has 1 N–H and O–H groups in total. The van der Waals surface area contributed by atoms with E-state index in [0.717, 1.165) is 29.6 Å². The van der Waals surface area contributed by atoms with E-state index in [1.165, 1.54) is 12.8 Å². The van der Waals surface area contributed by atoms with Gasteiger partial charge in [0.15, 0.2) is 5.13 Å². The summed E-state index contributed by atoms with van der Waals surface area (Å²) in [7, 11) is 0. The van der Waals surface area contributed by atoms with Crippen LogP contribution in [0, 0.1) is 12.8 Å². The van der Waals surface area contributed by atoms with Crippen molar-refractivity contribution in [2.24, 2.45) is 5.92 Å². The van der Waals surface area contributed by atoms with E-state index in [2.05, 4.69) is 22.6 Å². The Labute approximate surface area is 106 Å². The molecule has 4 heteroatoms. The first-order chi connectivity index (χ1) is 7.63. The lowest BCUT2D eigenvalue weighted by Crippen LogP contribution is -2.43. The average Bonchev–Trinajstić information content (AvgIpc) is 2.68. The third kappa shape index (κ3) is 2.69. The molecule has 0 unspecified atom stereocenters. The molecule has 0 radical (unpaired) electrons. The molecular formula is C12H19ClN2S. The Hall–Kier alpha value is -0.280. The first kappa shape index (κ1) is 12.2. The zero-order chi connectivity index (χ0) is 11.6. The summed E-state index contributed by atoms with van der Waals surface area (Å²) in [4.78, 5) is 4.47. The number of anilines is 1. The summed E-state index contributed by atoms with van der Waals surface area (Å²) < 4.78 is 0. The van der Waals surface area contributed by atoms with E-state index in [1.807, 2.05) is 6.92 Å². The van der Waals surface area contributed by atoms with Crippen LogP contribution in [0.5, 0.6) is 0 Å². The number of hydrogen-bond donors (Lipinski definition) is 1. The summed E-state index contributed by atoms with van der Waals surface area (Å²) in [6.07, 6.45) is 4.86. The predicted octanol–water partition coefficient (Wildman–Crippen LogP) is 4.05. The fourth-order valence-electron chi connectivity index (χ4n) is 2.24. The summed E-state index contributed by atoms with van der Waals surface area (Å²) in [6.45, 7) is 4.35. The largest absolute Gasteiger partial charge is 0.355 e. The van der Waals surface area contributed by atoms with Crippen LogP contribution in [-0.2, 0) is 0 Å². The van der Waals surface area contributed by atoms with Gasteiger partial charge in [0.1, 0.15) is 0 Å². The molecule has 0 atom stereocenters. The minimum atomic E-state index is 0.0817. The normalized spacial score (nSPS) is 30.3. The van der Waals surface area contributed by atoms with Crippen LogP contribution in [0.4, 0.5) is 5.13 Å². The van der Waals surface area contributed by atoms with Gasteiger partial charge in [-0.25, -0.2) is 4.98 Å². The number of halogens is 1. The van der Waals surface area contributed by atoms with Crippen molar-refractivity contribution in [3.63, 3.8) is 0 Å². The molecule has 16 heavy (non-hydrogen) atoms. The molecule has 1 saturated carbocycles. The van der Waals surface area contributed by atoms with Crippen molar-refractivity contribution in [1.82, 2.24) is 4.98 Å². The molecule has 0 aliphatic heterocycles. The van der Waals surface area contributed by atoms with E-state index in [-0.39, 0.29) is 5.54 Å². The van der Waals surface area contributed by atoms with Crippen LogP contribution in [0.1, 0.15) is 38.3 Å². The van der Waals surface area contributed by atoms with Crippen LogP contribution >= 0.6 is 22.9 Å². The Bertz CT molecular complexity index is 343. The molecule has 0 saturated heterocycles. The van der Waals surface area contributed by atoms with Gasteiger partial charge in [-0.2, -0.15) is 0 Å². The van der Waals surface area contributed by atoms with Crippen LogP contribution in [-0.4, -0.2) is 16.4 Å². The standard InChI is InChI=1S/C12H19ClN2S/c1-9-3-5-12(8-13,6-4-9)15-11-14-10(2)7-16-11/h7,9H,3-6,8H2,1-2H3,(H,14,15). The Morgan fingerprint density at radius 3 is 2.75 bits per heavy atom. The zero-order valence-electron chi connectivity index (χ0n) is 9.92. The van der Waals surface area contributed by atoms with Gasteiger partial charge < -0.3 is 5.32 Å². The molecule has 1 fully saturated rings. The van der Waals surface area contributed by atoms with Crippen molar-refractivity contribution >= 4 is 28.1 Å². The first-order valence-corrected chi connectivity index (χ1v) is 7.31. The Morgan fingerprint density at radius 1 is 1.56 bits per heavy atom. The fourth-order valence-corrected chi connectivity index (χ4v) is 3.39.